The Kier molecular flexibility index (Phi) is 4.28. The molecule has 2 aromatic carbocycles. The molecule has 0 spiro atoms. The van der Waals surface area contributed by atoms with Crippen LogP contribution in [0, 0.1) is 18.6 Å². The number of benzene rings is 2. The minimum atomic E-state index is -0.811. The first-order valence-corrected chi connectivity index (χ1v) is 6.45. The van der Waals surface area contributed by atoms with Crippen LogP contribution >= 0.6 is 12.2 Å². The highest BCUT2D eigenvalue weighted by Gasteiger charge is 2.11. The molecule has 3 N–H and O–H groups in total. The highest BCUT2D eigenvalue weighted by Crippen LogP contribution is 2.18. The summed E-state index contributed by atoms with van der Waals surface area (Å²) in [6, 6.07) is 7.72. The van der Waals surface area contributed by atoms with Crippen LogP contribution in [0.1, 0.15) is 21.5 Å². The number of amides is 1. The summed E-state index contributed by atoms with van der Waals surface area (Å²) in [6.07, 6.45) is 0. The van der Waals surface area contributed by atoms with E-state index in [1.807, 2.05) is 0 Å². The van der Waals surface area contributed by atoms with Crippen molar-refractivity contribution in [2.24, 2.45) is 5.73 Å². The van der Waals surface area contributed by atoms with Gasteiger partial charge in [-0.05, 0) is 30.7 Å². The van der Waals surface area contributed by atoms with Crippen LogP contribution in [-0.4, -0.2) is 10.9 Å². The van der Waals surface area contributed by atoms with Crippen LogP contribution < -0.4 is 11.1 Å². The fourth-order valence-corrected chi connectivity index (χ4v) is 1.92. The molecule has 1 amide bonds. The van der Waals surface area contributed by atoms with Crippen molar-refractivity contribution in [3.8, 4) is 0 Å². The standard InChI is InChI=1S/C15H12F2N2OS/c1-8-2-3-9(14(18)21)6-13(8)19-15(20)10-4-11(16)7-12(17)5-10/h2-7H,1H3,(H2,18,21)(H,19,20). The molecule has 2 rings (SSSR count). The number of nitrogens with one attached hydrogen (secondary N) is 1. The predicted octanol–water partition coefficient (Wildman–Crippen LogP) is 3.16. The minimum absolute atomic E-state index is 0.104. The molecule has 0 aliphatic rings. The second kappa shape index (κ2) is 5.97. The Bertz CT molecular complexity index is 711. The topological polar surface area (TPSA) is 55.1 Å². The normalized spacial score (nSPS) is 10.2. The van der Waals surface area contributed by atoms with Gasteiger partial charge in [-0.25, -0.2) is 8.78 Å². The molecule has 2 aromatic rings. The van der Waals surface area contributed by atoms with E-state index >= 15 is 0 Å². The average Bonchev–Trinajstić information content (AvgIpc) is 2.39. The SMILES string of the molecule is Cc1ccc(C(N)=S)cc1NC(=O)c1cc(F)cc(F)c1. The molecule has 3 nitrogen and oxygen atoms in total. The van der Waals surface area contributed by atoms with Crippen molar-refractivity contribution >= 4 is 28.8 Å². The summed E-state index contributed by atoms with van der Waals surface area (Å²) in [6.45, 7) is 1.78. The maximum atomic E-state index is 13.1. The average molecular weight is 306 g/mol. The summed E-state index contributed by atoms with van der Waals surface area (Å²) in [4.78, 5) is 12.2. The number of rotatable bonds is 3. The van der Waals surface area contributed by atoms with Crippen LogP contribution in [0.5, 0.6) is 0 Å². The summed E-state index contributed by atoms with van der Waals surface area (Å²) in [5, 5.41) is 2.59. The number of anilines is 1. The predicted molar refractivity (Wildman–Crippen MR) is 81.4 cm³/mol. The number of aryl methyl sites for hydroxylation is 1. The van der Waals surface area contributed by atoms with Crippen LogP contribution in [0.15, 0.2) is 36.4 Å². The van der Waals surface area contributed by atoms with Gasteiger partial charge in [-0.15, -0.1) is 0 Å². The van der Waals surface area contributed by atoms with Gasteiger partial charge in [0.15, 0.2) is 0 Å². The smallest absolute Gasteiger partial charge is 0.255 e. The quantitative estimate of drug-likeness (QED) is 0.857. The lowest BCUT2D eigenvalue weighted by Gasteiger charge is -2.10. The van der Waals surface area contributed by atoms with E-state index in [-0.39, 0.29) is 10.6 Å². The molecule has 6 heteroatoms. The van der Waals surface area contributed by atoms with Crippen LogP contribution in [-0.2, 0) is 0 Å². The fraction of sp³-hybridized carbons (Fsp3) is 0.0667. The van der Waals surface area contributed by atoms with E-state index in [0.29, 0.717) is 17.3 Å². The van der Waals surface area contributed by atoms with Crippen molar-refractivity contribution in [3.05, 3.63) is 64.7 Å². The summed E-state index contributed by atoms with van der Waals surface area (Å²) in [5.41, 5.74) is 7.28. The third-order valence-corrected chi connectivity index (χ3v) is 3.13. The summed E-state index contributed by atoms with van der Waals surface area (Å²) in [5.74, 6) is -2.24. The Balaban J connectivity index is 2.31. The van der Waals surface area contributed by atoms with Gasteiger partial charge in [-0.3, -0.25) is 4.79 Å². The van der Waals surface area contributed by atoms with Crippen molar-refractivity contribution in [2.45, 2.75) is 6.92 Å². The first-order chi connectivity index (χ1) is 9.86. The van der Waals surface area contributed by atoms with Crippen molar-refractivity contribution in [1.29, 1.82) is 0 Å². The fourth-order valence-electron chi connectivity index (χ4n) is 1.79. The zero-order chi connectivity index (χ0) is 15.6. The largest absolute Gasteiger partial charge is 0.389 e. The van der Waals surface area contributed by atoms with Crippen molar-refractivity contribution < 1.29 is 13.6 Å². The van der Waals surface area contributed by atoms with E-state index in [2.05, 4.69) is 5.32 Å². The Morgan fingerprint density at radius 3 is 2.29 bits per heavy atom. The van der Waals surface area contributed by atoms with Gasteiger partial charge in [-0.2, -0.15) is 0 Å². The lowest BCUT2D eigenvalue weighted by molar-refractivity contribution is 0.102. The van der Waals surface area contributed by atoms with Gasteiger partial charge in [0.2, 0.25) is 0 Å². The van der Waals surface area contributed by atoms with E-state index < -0.39 is 17.5 Å². The summed E-state index contributed by atoms with van der Waals surface area (Å²) >= 11 is 4.87. The third-order valence-electron chi connectivity index (χ3n) is 2.90. The Hall–Kier alpha value is -2.34. The number of carbonyl (C=O) groups excluding carboxylic acids is 1. The molecule has 21 heavy (non-hydrogen) atoms. The van der Waals surface area contributed by atoms with Crippen LogP contribution in [0.4, 0.5) is 14.5 Å². The molecule has 0 bridgehead atoms. The number of carbonyl (C=O) groups is 1. The third kappa shape index (κ3) is 3.61. The molecular formula is C15H12F2N2OS. The molecule has 0 saturated heterocycles. The molecule has 0 atom stereocenters. The zero-order valence-corrected chi connectivity index (χ0v) is 11.9. The maximum Gasteiger partial charge on any atom is 0.255 e. The second-order valence-electron chi connectivity index (χ2n) is 4.51. The second-order valence-corrected chi connectivity index (χ2v) is 4.95. The van der Waals surface area contributed by atoms with Gasteiger partial charge >= 0.3 is 0 Å². The molecular weight excluding hydrogens is 294 g/mol. The summed E-state index contributed by atoms with van der Waals surface area (Å²) in [7, 11) is 0. The zero-order valence-electron chi connectivity index (χ0n) is 11.1. The van der Waals surface area contributed by atoms with Gasteiger partial charge in [0.1, 0.15) is 16.6 Å². The van der Waals surface area contributed by atoms with Gasteiger partial charge in [0.05, 0.1) is 0 Å². The highest BCUT2D eigenvalue weighted by molar-refractivity contribution is 7.80. The van der Waals surface area contributed by atoms with Gasteiger partial charge < -0.3 is 11.1 Å². The van der Waals surface area contributed by atoms with Crippen molar-refractivity contribution in [1.82, 2.24) is 0 Å². The van der Waals surface area contributed by atoms with Gasteiger partial charge in [-0.1, -0.05) is 24.4 Å². The molecule has 0 aliphatic carbocycles. The van der Waals surface area contributed by atoms with Crippen molar-refractivity contribution in [2.75, 3.05) is 5.32 Å². The summed E-state index contributed by atoms with van der Waals surface area (Å²) < 4.78 is 26.2. The number of hydrogen-bond donors (Lipinski definition) is 2. The Morgan fingerprint density at radius 1 is 1.10 bits per heavy atom. The Labute approximate surface area is 125 Å². The van der Waals surface area contributed by atoms with Gasteiger partial charge in [0.25, 0.3) is 5.91 Å². The monoisotopic (exact) mass is 306 g/mol. The van der Waals surface area contributed by atoms with E-state index in [4.69, 9.17) is 18.0 Å². The van der Waals surface area contributed by atoms with Crippen LogP contribution in [0.25, 0.3) is 0 Å². The highest BCUT2D eigenvalue weighted by atomic mass is 32.1. The maximum absolute atomic E-state index is 13.1. The number of halogens is 2. The van der Waals surface area contributed by atoms with E-state index in [0.717, 1.165) is 17.7 Å². The first kappa shape index (κ1) is 15.1. The van der Waals surface area contributed by atoms with Gasteiger partial charge in [0, 0.05) is 22.9 Å². The van der Waals surface area contributed by atoms with Crippen molar-refractivity contribution in [3.63, 3.8) is 0 Å². The van der Waals surface area contributed by atoms with E-state index in [1.54, 1.807) is 25.1 Å². The van der Waals surface area contributed by atoms with E-state index in [1.165, 1.54) is 0 Å². The minimum Gasteiger partial charge on any atom is -0.389 e. The number of hydrogen-bond acceptors (Lipinski definition) is 2. The molecule has 108 valence electrons. The molecule has 0 saturated carbocycles. The molecule has 0 fully saturated rings. The van der Waals surface area contributed by atoms with Crippen LogP contribution in [0.3, 0.4) is 0 Å². The Morgan fingerprint density at radius 2 is 1.71 bits per heavy atom. The number of nitrogens with two attached hydrogens (primary N) is 1. The first-order valence-electron chi connectivity index (χ1n) is 6.04. The lowest BCUT2D eigenvalue weighted by atomic mass is 10.1. The lowest BCUT2D eigenvalue weighted by Crippen LogP contribution is -2.15. The number of thiocarbonyl (C=S) groups is 1. The molecule has 0 aliphatic heterocycles. The van der Waals surface area contributed by atoms with Crippen LogP contribution in [0.2, 0.25) is 0 Å². The molecule has 0 radical (unpaired) electrons. The molecule has 0 aromatic heterocycles. The molecule has 0 unspecified atom stereocenters. The molecule has 0 heterocycles. The van der Waals surface area contributed by atoms with E-state index in [9.17, 15) is 13.6 Å².